The molecule has 0 spiro atoms. The number of carbonyl (C=O) groups is 2. The molecule has 2 rings (SSSR count). The number of carboxylic acid groups (broad SMARTS) is 1. The molecule has 6 heteroatoms. The largest absolute Gasteiger partial charge is 0.481 e. The van der Waals surface area contributed by atoms with Crippen LogP contribution in [0.3, 0.4) is 0 Å². The highest BCUT2D eigenvalue weighted by Gasteiger charge is 2.29. The van der Waals surface area contributed by atoms with Gasteiger partial charge in [0, 0.05) is 24.8 Å². The van der Waals surface area contributed by atoms with Gasteiger partial charge < -0.3 is 15.0 Å². The number of amides is 1. The van der Waals surface area contributed by atoms with E-state index in [1.54, 1.807) is 4.90 Å². The number of piperidine rings is 1. The highest BCUT2D eigenvalue weighted by molar-refractivity contribution is 5.94. The molecule has 1 amide bonds. The first-order valence-corrected chi connectivity index (χ1v) is 6.29. The standard InChI is InChI=1S/C13H16N2O4/c16-11-5-4-9(8-14-11)13(19)15-6-2-1-3-10(15)7-12(17)18/h4-5,8,10H,1-3,6-7H2,(H,14,16)(H,17,18). The van der Waals surface area contributed by atoms with Crippen LogP contribution in [-0.4, -0.2) is 39.5 Å². The summed E-state index contributed by atoms with van der Waals surface area (Å²) in [6.45, 7) is 0.565. The van der Waals surface area contributed by atoms with Crippen LogP contribution in [0.1, 0.15) is 36.0 Å². The van der Waals surface area contributed by atoms with Gasteiger partial charge in [-0.15, -0.1) is 0 Å². The Morgan fingerprint density at radius 1 is 1.37 bits per heavy atom. The number of aliphatic carboxylic acids is 1. The third-order valence-corrected chi connectivity index (χ3v) is 3.33. The van der Waals surface area contributed by atoms with Crippen LogP contribution in [0.5, 0.6) is 0 Å². The second kappa shape index (κ2) is 5.69. The molecule has 0 aliphatic carbocycles. The molecule has 1 unspecified atom stereocenters. The quantitative estimate of drug-likeness (QED) is 0.846. The van der Waals surface area contributed by atoms with Crippen molar-refractivity contribution in [1.29, 1.82) is 0 Å². The molecule has 102 valence electrons. The van der Waals surface area contributed by atoms with E-state index < -0.39 is 5.97 Å². The van der Waals surface area contributed by atoms with Crippen molar-refractivity contribution in [3.8, 4) is 0 Å². The number of hydrogen-bond acceptors (Lipinski definition) is 3. The number of nitrogens with zero attached hydrogens (tertiary/aromatic N) is 1. The van der Waals surface area contributed by atoms with Gasteiger partial charge in [-0.2, -0.15) is 0 Å². The number of aromatic amines is 1. The van der Waals surface area contributed by atoms with Crippen LogP contribution in [0, 0.1) is 0 Å². The molecular formula is C13H16N2O4. The zero-order chi connectivity index (χ0) is 13.8. The molecule has 1 aromatic heterocycles. The van der Waals surface area contributed by atoms with Gasteiger partial charge in [-0.05, 0) is 25.3 Å². The molecule has 1 fully saturated rings. The Hall–Kier alpha value is -2.11. The molecule has 1 saturated heterocycles. The van der Waals surface area contributed by atoms with E-state index in [4.69, 9.17) is 5.11 Å². The molecule has 2 N–H and O–H groups in total. The van der Waals surface area contributed by atoms with E-state index in [0.717, 1.165) is 12.8 Å². The van der Waals surface area contributed by atoms with Gasteiger partial charge in [0.1, 0.15) is 0 Å². The minimum absolute atomic E-state index is 0.0326. The Bertz CT molecular complexity index is 517. The summed E-state index contributed by atoms with van der Waals surface area (Å²) in [5.74, 6) is -1.12. The summed E-state index contributed by atoms with van der Waals surface area (Å²) >= 11 is 0. The van der Waals surface area contributed by atoms with Gasteiger partial charge in [0.25, 0.3) is 5.91 Å². The summed E-state index contributed by atoms with van der Waals surface area (Å²) in [6, 6.07) is 2.50. The average molecular weight is 264 g/mol. The minimum atomic E-state index is -0.897. The van der Waals surface area contributed by atoms with Crippen LogP contribution in [0.15, 0.2) is 23.1 Å². The first-order valence-electron chi connectivity index (χ1n) is 6.29. The number of likely N-dealkylation sites (tertiary alicyclic amines) is 1. The lowest BCUT2D eigenvalue weighted by atomic mass is 9.98. The monoisotopic (exact) mass is 264 g/mol. The topological polar surface area (TPSA) is 90.5 Å². The van der Waals surface area contributed by atoms with Gasteiger partial charge in [-0.3, -0.25) is 14.4 Å². The lowest BCUT2D eigenvalue weighted by Crippen LogP contribution is -2.44. The van der Waals surface area contributed by atoms with Crippen molar-refractivity contribution >= 4 is 11.9 Å². The highest BCUT2D eigenvalue weighted by atomic mass is 16.4. The van der Waals surface area contributed by atoms with E-state index in [-0.39, 0.29) is 23.9 Å². The normalized spacial score (nSPS) is 19.2. The summed E-state index contributed by atoms with van der Waals surface area (Å²) < 4.78 is 0. The molecule has 0 bridgehead atoms. The predicted molar refractivity (Wildman–Crippen MR) is 68.0 cm³/mol. The van der Waals surface area contributed by atoms with Gasteiger partial charge in [0.15, 0.2) is 0 Å². The van der Waals surface area contributed by atoms with Crippen LogP contribution in [0.4, 0.5) is 0 Å². The molecule has 19 heavy (non-hydrogen) atoms. The van der Waals surface area contributed by atoms with Crippen molar-refractivity contribution in [1.82, 2.24) is 9.88 Å². The maximum atomic E-state index is 12.3. The average Bonchev–Trinajstić information content (AvgIpc) is 2.39. The second-order valence-corrected chi connectivity index (χ2v) is 4.69. The van der Waals surface area contributed by atoms with Crippen molar-refractivity contribution in [2.75, 3.05) is 6.54 Å². The van der Waals surface area contributed by atoms with Crippen molar-refractivity contribution < 1.29 is 14.7 Å². The maximum absolute atomic E-state index is 12.3. The zero-order valence-corrected chi connectivity index (χ0v) is 10.5. The number of aromatic nitrogens is 1. The third-order valence-electron chi connectivity index (χ3n) is 3.33. The lowest BCUT2D eigenvalue weighted by Gasteiger charge is -2.35. The van der Waals surface area contributed by atoms with E-state index in [9.17, 15) is 14.4 Å². The molecule has 1 atom stereocenters. The van der Waals surface area contributed by atoms with Crippen molar-refractivity contribution in [3.63, 3.8) is 0 Å². The number of hydrogen-bond donors (Lipinski definition) is 2. The number of H-pyrrole nitrogens is 1. The van der Waals surface area contributed by atoms with Crippen LogP contribution in [0.25, 0.3) is 0 Å². The van der Waals surface area contributed by atoms with Gasteiger partial charge in [-0.25, -0.2) is 0 Å². The SMILES string of the molecule is O=C(O)CC1CCCCN1C(=O)c1ccc(=O)[nH]c1. The molecule has 0 radical (unpaired) electrons. The molecule has 0 aromatic carbocycles. The Morgan fingerprint density at radius 2 is 2.16 bits per heavy atom. The number of carboxylic acids is 1. The van der Waals surface area contributed by atoms with Crippen LogP contribution >= 0.6 is 0 Å². The molecule has 6 nitrogen and oxygen atoms in total. The van der Waals surface area contributed by atoms with Gasteiger partial charge in [0.05, 0.1) is 12.0 Å². The summed E-state index contributed by atoms with van der Waals surface area (Å²) in [4.78, 5) is 38.2. The number of rotatable bonds is 3. The molecule has 0 saturated carbocycles. The van der Waals surface area contributed by atoms with Gasteiger partial charge >= 0.3 is 5.97 Å². The minimum Gasteiger partial charge on any atom is -0.481 e. The third kappa shape index (κ3) is 3.21. The molecule has 1 aliphatic heterocycles. The van der Waals surface area contributed by atoms with Crippen molar-refractivity contribution in [3.05, 3.63) is 34.2 Å². The van der Waals surface area contributed by atoms with E-state index in [1.807, 2.05) is 0 Å². The smallest absolute Gasteiger partial charge is 0.305 e. The van der Waals surface area contributed by atoms with Crippen LogP contribution in [-0.2, 0) is 4.79 Å². The van der Waals surface area contributed by atoms with Gasteiger partial charge in [0.2, 0.25) is 5.56 Å². The molecule has 1 aliphatic rings. The maximum Gasteiger partial charge on any atom is 0.305 e. The number of pyridine rings is 1. The lowest BCUT2D eigenvalue weighted by molar-refractivity contribution is -0.138. The Morgan fingerprint density at radius 3 is 2.79 bits per heavy atom. The molecular weight excluding hydrogens is 248 g/mol. The Labute approximate surface area is 110 Å². The summed E-state index contributed by atoms with van der Waals surface area (Å²) in [5.41, 5.74) is 0.120. The summed E-state index contributed by atoms with van der Waals surface area (Å²) in [7, 11) is 0. The highest BCUT2D eigenvalue weighted by Crippen LogP contribution is 2.21. The first kappa shape index (κ1) is 13.3. The summed E-state index contributed by atoms with van der Waals surface area (Å²) in [6.07, 6.45) is 3.87. The van der Waals surface area contributed by atoms with Gasteiger partial charge in [-0.1, -0.05) is 0 Å². The summed E-state index contributed by atoms with van der Waals surface area (Å²) in [5, 5.41) is 8.89. The fourth-order valence-electron chi connectivity index (χ4n) is 2.39. The fraction of sp³-hybridized carbons (Fsp3) is 0.462. The predicted octanol–water partition coefficient (Wildman–Crippen LogP) is 0.844. The fourth-order valence-corrected chi connectivity index (χ4v) is 2.39. The number of carbonyl (C=O) groups excluding carboxylic acids is 1. The molecule has 2 heterocycles. The van der Waals surface area contributed by atoms with E-state index in [1.165, 1.54) is 18.3 Å². The molecule has 1 aromatic rings. The van der Waals surface area contributed by atoms with Crippen LogP contribution < -0.4 is 5.56 Å². The Balaban J connectivity index is 2.17. The zero-order valence-electron chi connectivity index (χ0n) is 10.5. The van der Waals surface area contributed by atoms with E-state index >= 15 is 0 Å². The van der Waals surface area contributed by atoms with Crippen molar-refractivity contribution in [2.45, 2.75) is 31.7 Å². The van der Waals surface area contributed by atoms with Crippen molar-refractivity contribution in [2.24, 2.45) is 0 Å². The number of nitrogens with one attached hydrogen (secondary N) is 1. The van der Waals surface area contributed by atoms with E-state index in [2.05, 4.69) is 4.98 Å². The first-order chi connectivity index (χ1) is 9.08. The Kier molecular flexibility index (Phi) is 3.99. The van der Waals surface area contributed by atoms with E-state index in [0.29, 0.717) is 18.5 Å². The van der Waals surface area contributed by atoms with Crippen LogP contribution in [0.2, 0.25) is 0 Å². The second-order valence-electron chi connectivity index (χ2n) is 4.69.